The number of benzene rings is 3. The number of nitrogens with one attached hydrogen (secondary N) is 1. The summed E-state index contributed by atoms with van der Waals surface area (Å²) in [5.74, 6) is -0.351. The lowest BCUT2D eigenvalue weighted by Gasteiger charge is -2.35. The Morgan fingerprint density at radius 1 is 1.02 bits per heavy atom. The van der Waals surface area contributed by atoms with Gasteiger partial charge in [-0.25, -0.2) is 9.79 Å². The predicted octanol–water partition coefficient (Wildman–Crippen LogP) is 6.13. The molecule has 1 aliphatic rings. The highest BCUT2D eigenvalue weighted by molar-refractivity contribution is 6.22. The third-order valence-electron chi connectivity index (χ3n) is 8.41. The number of ether oxygens (including phenoxy) is 1. The summed E-state index contributed by atoms with van der Waals surface area (Å²) in [6.07, 6.45) is 3.72. The van der Waals surface area contributed by atoms with Crippen LogP contribution in [0.3, 0.4) is 0 Å². The molecule has 1 aromatic heterocycles. The minimum absolute atomic E-state index is 0.0447. The Morgan fingerprint density at radius 3 is 2.37 bits per heavy atom. The van der Waals surface area contributed by atoms with Gasteiger partial charge in [0, 0.05) is 34.5 Å². The van der Waals surface area contributed by atoms with Crippen molar-refractivity contribution in [3.8, 4) is 5.88 Å². The maximum absolute atomic E-state index is 13.0. The molecule has 3 aromatic carbocycles. The van der Waals surface area contributed by atoms with E-state index in [4.69, 9.17) is 9.73 Å². The van der Waals surface area contributed by atoms with Crippen LogP contribution in [0.15, 0.2) is 71.7 Å². The molecule has 0 saturated carbocycles. The number of rotatable bonds is 10. The van der Waals surface area contributed by atoms with Gasteiger partial charge in [0.05, 0.1) is 29.6 Å². The predicted molar refractivity (Wildman–Crippen MR) is 171 cm³/mol. The number of carbonyl (C=O) groups excluding carboxylic acids is 2. The van der Waals surface area contributed by atoms with Crippen LogP contribution in [0.5, 0.6) is 5.88 Å². The second kappa shape index (κ2) is 13.4. The molecule has 1 fully saturated rings. The van der Waals surface area contributed by atoms with Crippen molar-refractivity contribution in [2.75, 3.05) is 40.8 Å². The van der Waals surface area contributed by atoms with Gasteiger partial charge in [-0.2, -0.15) is 0 Å². The third kappa shape index (κ3) is 6.87. The highest BCUT2D eigenvalue weighted by atomic mass is 16.5. The quantitative estimate of drug-likeness (QED) is 0.133. The summed E-state index contributed by atoms with van der Waals surface area (Å²) in [4.78, 5) is 37.9. The molecular formula is C35H40N4O4. The van der Waals surface area contributed by atoms with E-state index < -0.39 is 5.97 Å². The van der Waals surface area contributed by atoms with Crippen LogP contribution in [-0.4, -0.2) is 84.2 Å². The maximum atomic E-state index is 13.0. The Bertz CT molecular complexity index is 1620. The Hall–Kier alpha value is -4.27. The first-order chi connectivity index (χ1) is 20.7. The Balaban J connectivity index is 1.35. The minimum Gasteiger partial charge on any atom is -0.494 e. The molecule has 0 spiro atoms. The number of aryl methyl sites for hydroxylation is 1. The number of carbonyl (C=O) groups is 2. The van der Waals surface area contributed by atoms with E-state index in [9.17, 15) is 14.7 Å². The van der Waals surface area contributed by atoms with Gasteiger partial charge in [0.2, 0.25) is 0 Å². The number of nitrogens with zero attached hydrogens (tertiary/aromatic N) is 3. The van der Waals surface area contributed by atoms with Crippen LogP contribution < -0.4 is 0 Å². The van der Waals surface area contributed by atoms with Gasteiger partial charge in [-0.05, 0) is 102 Å². The van der Waals surface area contributed by atoms with Crippen molar-refractivity contribution in [2.45, 2.75) is 38.6 Å². The molecule has 43 heavy (non-hydrogen) atoms. The molecule has 2 heterocycles. The molecule has 0 amide bonds. The van der Waals surface area contributed by atoms with Gasteiger partial charge in [0.15, 0.2) is 11.7 Å². The Labute approximate surface area is 253 Å². The van der Waals surface area contributed by atoms with Crippen molar-refractivity contribution in [3.63, 3.8) is 0 Å². The van der Waals surface area contributed by atoms with Crippen LogP contribution >= 0.6 is 0 Å². The molecule has 4 aromatic rings. The fourth-order valence-electron chi connectivity index (χ4n) is 5.88. The summed E-state index contributed by atoms with van der Waals surface area (Å²) in [5, 5.41) is 11.8. The van der Waals surface area contributed by atoms with Gasteiger partial charge in [-0.1, -0.05) is 30.3 Å². The number of esters is 1. The zero-order valence-corrected chi connectivity index (χ0v) is 25.4. The molecule has 8 heteroatoms. The SMILES string of the molecule is COC(=O)c1cc2[nH]c(O)c(C(=Nc3ccc(C(=O)CCCN4CCC(N(C)C)CC4)cc3)c3ccccc3)c2cc1C. The summed E-state index contributed by atoms with van der Waals surface area (Å²) in [6, 6.07) is 21.2. The number of likely N-dealkylation sites (tertiary alicyclic amines) is 1. The van der Waals surface area contributed by atoms with E-state index in [1.807, 2.05) is 67.6 Å². The summed E-state index contributed by atoms with van der Waals surface area (Å²) in [7, 11) is 5.64. The first kappa shape index (κ1) is 30.2. The minimum atomic E-state index is -0.439. The Morgan fingerprint density at radius 2 is 1.72 bits per heavy atom. The summed E-state index contributed by atoms with van der Waals surface area (Å²) >= 11 is 0. The molecule has 0 bridgehead atoms. The van der Waals surface area contributed by atoms with E-state index in [1.165, 1.54) is 20.0 Å². The van der Waals surface area contributed by atoms with Crippen molar-refractivity contribution >= 4 is 34.1 Å². The lowest BCUT2D eigenvalue weighted by atomic mass is 9.98. The number of aromatic nitrogens is 1. The van der Waals surface area contributed by atoms with Crippen LogP contribution in [0.25, 0.3) is 10.9 Å². The molecule has 1 aliphatic heterocycles. The van der Waals surface area contributed by atoms with Crippen LogP contribution in [0.1, 0.15) is 63.1 Å². The van der Waals surface area contributed by atoms with E-state index in [2.05, 4.69) is 28.9 Å². The van der Waals surface area contributed by atoms with Gasteiger partial charge in [-0.3, -0.25) is 4.79 Å². The number of piperidine rings is 1. The molecule has 1 saturated heterocycles. The van der Waals surface area contributed by atoms with Crippen LogP contribution in [0.4, 0.5) is 5.69 Å². The third-order valence-corrected chi connectivity index (χ3v) is 8.41. The molecular weight excluding hydrogens is 540 g/mol. The zero-order valence-electron chi connectivity index (χ0n) is 25.4. The Kier molecular flexibility index (Phi) is 9.38. The average Bonchev–Trinajstić information content (AvgIpc) is 3.34. The molecule has 5 rings (SSSR count). The molecule has 0 atom stereocenters. The topological polar surface area (TPSA) is 98.2 Å². The molecule has 0 unspecified atom stereocenters. The molecule has 0 radical (unpaired) electrons. The van der Waals surface area contributed by atoms with E-state index >= 15 is 0 Å². The van der Waals surface area contributed by atoms with Crippen LogP contribution in [0, 0.1) is 6.92 Å². The molecule has 8 nitrogen and oxygen atoms in total. The lowest BCUT2D eigenvalue weighted by molar-refractivity contribution is 0.0600. The second-order valence-electron chi connectivity index (χ2n) is 11.5. The number of aromatic hydroxyl groups is 1. The van der Waals surface area contributed by atoms with Gasteiger partial charge < -0.3 is 24.6 Å². The van der Waals surface area contributed by atoms with Gasteiger partial charge in [-0.15, -0.1) is 0 Å². The molecule has 2 N–H and O–H groups in total. The number of ketones is 1. The van der Waals surface area contributed by atoms with Crippen LogP contribution in [0.2, 0.25) is 0 Å². The fraction of sp³-hybridized carbons (Fsp3) is 0.343. The first-order valence-corrected chi connectivity index (χ1v) is 14.8. The summed E-state index contributed by atoms with van der Waals surface area (Å²) in [5.41, 5.74) is 5.03. The smallest absolute Gasteiger partial charge is 0.338 e. The first-order valence-electron chi connectivity index (χ1n) is 14.8. The fourth-order valence-corrected chi connectivity index (χ4v) is 5.88. The number of fused-ring (bicyclic) bond motifs is 1. The highest BCUT2D eigenvalue weighted by Crippen LogP contribution is 2.33. The molecule has 224 valence electrons. The van der Waals surface area contributed by atoms with Crippen molar-refractivity contribution in [1.29, 1.82) is 0 Å². The van der Waals surface area contributed by atoms with Crippen molar-refractivity contribution in [3.05, 3.63) is 94.5 Å². The molecule has 0 aliphatic carbocycles. The summed E-state index contributed by atoms with van der Waals surface area (Å²) in [6.45, 7) is 4.96. The van der Waals surface area contributed by atoms with Crippen molar-refractivity contribution < 1.29 is 19.4 Å². The van der Waals surface area contributed by atoms with E-state index in [0.717, 1.165) is 42.6 Å². The number of Topliss-reactive ketones (excluding diaryl/α,β-unsaturated/α-hetero) is 1. The second-order valence-corrected chi connectivity index (χ2v) is 11.5. The number of hydrogen-bond acceptors (Lipinski definition) is 7. The lowest BCUT2D eigenvalue weighted by Crippen LogP contribution is -2.42. The average molecular weight is 581 g/mol. The largest absolute Gasteiger partial charge is 0.494 e. The number of methoxy groups -OCH3 is 1. The number of aromatic amines is 1. The van der Waals surface area contributed by atoms with Gasteiger partial charge in [0.25, 0.3) is 0 Å². The number of hydrogen-bond donors (Lipinski definition) is 2. The normalized spacial score (nSPS) is 14.9. The number of H-pyrrole nitrogens is 1. The van der Waals surface area contributed by atoms with E-state index in [1.54, 1.807) is 6.07 Å². The standard InChI is InChI=1S/C35H40N4O4/c1-23-21-29-30(22-28(23)35(42)43-4)37-34(41)32(29)33(25-9-6-5-7-10-25)36-26-14-12-24(13-15-26)31(40)11-8-18-39-19-16-27(17-20-39)38(2)3/h5-7,9-10,12-15,21-22,27,37,41H,8,11,16-20H2,1-4H3. The monoisotopic (exact) mass is 580 g/mol. The summed E-state index contributed by atoms with van der Waals surface area (Å²) < 4.78 is 4.92. The van der Waals surface area contributed by atoms with E-state index in [0.29, 0.717) is 46.1 Å². The number of aliphatic imine (C=N–C) groups is 1. The maximum Gasteiger partial charge on any atom is 0.338 e. The van der Waals surface area contributed by atoms with Gasteiger partial charge in [0.1, 0.15) is 0 Å². The zero-order chi connectivity index (χ0) is 30.5. The van der Waals surface area contributed by atoms with Gasteiger partial charge >= 0.3 is 5.97 Å². The van der Waals surface area contributed by atoms with Crippen molar-refractivity contribution in [2.24, 2.45) is 4.99 Å². The van der Waals surface area contributed by atoms with E-state index in [-0.39, 0.29) is 11.7 Å². The highest BCUT2D eigenvalue weighted by Gasteiger charge is 2.22. The van der Waals surface area contributed by atoms with Crippen LogP contribution in [-0.2, 0) is 4.74 Å². The van der Waals surface area contributed by atoms with Crippen molar-refractivity contribution in [1.82, 2.24) is 14.8 Å².